The number of halogens is 1. The molecule has 0 aliphatic heterocycles. The highest BCUT2D eigenvalue weighted by Crippen LogP contribution is 2.40. The number of rotatable bonds is 3. The van der Waals surface area contributed by atoms with Gasteiger partial charge in [-0.3, -0.25) is 0 Å². The van der Waals surface area contributed by atoms with Crippen molar-refractivity contribution in [2.75, 3.05) is 0 Å². The summed E-state index contributed by atoms with van der Waals surface area (Å²) in [6.07, 6.45) is 0. The minimum Gasteiger partial charge on any atom is -0.309 e. The van der Waals surface area contributed by atoms with Crippen LogP contribution in [0.25, 0.3) is 71.8 Å². The van der Waals surface area contributed by atoms with E-state index in [0.717, 1.165) is 27.6 Å². The Morgan fingerprint density at radius 3 is 2.00 bits per heavy atom. The molecule has 0 aliphatic carbocycles. The second kappa shape index (κ2) is 9.01. The van der Waals surface area contributed by atoms with Gasteiger partial charge < -0.3 is 4.57 Å². The highest BCUT2D eigenvalue weighted by Gasteiger charge is 2.18. The van der Waals surface area contributed by atoms with Crippen LogP contribution in [-0.4, -0.2) is 19.5 Å². The lowest BCUT2D eigenvalue weighted by Crippen LogP contribution is -2.00. The molecule has 40 heavy (non-hydrogen) atoms. The first-order valence-electron chi connectivity index (χ1n) is 13.2. The first kappa shape index (κ1) is 22.9. The first-order valence-corrected chi connectivity index (χ1v) is 13.5. The van der Waals surface area contributed by atoms with Crippen molar-refractivity contribution < 1.29 is 0 Å². The summed E-state index contributed by atoms with van der Waals surface area (Å²) in [5, 5.41) is 7.31. The van der Waals surface area contributed by atoms with Crippen LogP contribution in [0.5, 0.6) is 0 Å². The predicted molar refractivity (Wildman–Crippen MR) is 165 cm³/mol. The highest BCUT2D eigenvalue weighted by atomic mass is 35.5. The Bertz CT molecular complexity index is 2240. The highest BCUT2D eigenvalue weighted by molar-refractivity contribution is 6.28. The Balaban J connectivity index is 1.41. The number of fused-ring (bicyclic) bond motifs is 6. The van der Waals surface area contributed by atoms with Gasteiger partial charge in [-0.05, 0) is 52.0 Å². The van der Waals surface area contributed by atoms with Gasteiger partial charge in [0, 0.05) is 27.3 Å². The topological polar surface area (TPSA) is 43.6 Å². The summed E-state index contributed by atoms with van der Waals surface area (Å²) in [5.41, 5.74) is 5.25. The number of aromatic nitrogens is 4. The summed E-state index contributed by atoms with van der Waals surface area (Å²) in [6.45, 7) is 0. The van der Waals surface area contributed by atoms with E-state index >= 15 is 0 Å². The lowest BCUT2D eigenvalue weighted by atomic mass is 10.0. The van der Waals surface area contributed by atoms with Crippen molar-refractivity contribution in [2.45, 2.75) is 0 Å². The zero-order valence-corrected chi connectivity index (χ0v) is 22.0. The molecule has 0 saturated carbocycles. The fraction of sp³-hybridized carbons (Fsp3) is 0. The van der Waals surface area contributed by atoms with E-state index < -0.39 is 0 Å². The van der Waals surface area contributed by atoms with Crippen LogP contribution >= 0.6 is 11.6 Å². The fourth-order valence-corrected chi connectivity index (χ4v) is 6.02. The average molecular weight is 533 g/mol. The van der Waals surface area contributed by atoms with Gasteiger partial charge in [-0.2, -0.15) is 9.97 Å². The normalized spacial score (nSPS) is 11.6. The van der Waals surface area contributed by atoms with Crippen molar-refractivity contribution in [2.24, 2.45) is 0 Å². The number of benzene rings is 6. The number of para-hydroxylation sites is 1. The standard InChI is InChI=1S/C35H21ClN4/c36-35-38-33(23-11-2-1-3-12-23)37-34(39-35)27-19-21-30(26-15-7-6-14-25(26)27)40-29-17-9-8-16-28(29)32-24-13-5-4-10-22(24)18-20-31(32)40/h1-21H. The molecule has 0 atom stereocenters. The van der Waals surface area contributed by atoms with E-state index in [9.17, 15) is 0 Å². The molecule has 0 amide bonds. The van der Waals surface area contributed by atoms with Gasteiger partial charge in [0.05, 0.1) is 16.7 Å². The third kappa shape index (κ3) is 3.50. The lowest BCUT2D eigenvalue weighted by molar-refractivity contribution is 1.07. The Morgan fingerprint density at radius 1 is 0.475 bits per heavy atom. The van der Waals surface area contributed by atoms with E-state index in [0.29, 0.717) is 11.6 Å². The van der Waals surface area contributed by atoms with Gasteiger partial charge in [-0.15, -0.1) is 0 Å². The quantitative estimate of drug-likeness (QED) is 0.228. The summed E-state index contributed by atoms with van der Waals surface area (Å²) in [7, 11) is 0. The van der Waals surface area contributed by atoms with Crippen molar-refractivity contribution in [1.29, 1.82) is 0 Å². The smallest absolute Gasteiger partial charge is 0.226 e. The molecule has 8 aromatic rings. The minimum atomic E-state index is 0.172. The number of hydrogen-bond acceptors (Lipinski definition) is 3. The molecule has 5 heteroatoms. The monoisotopic (exact) mass is 532 g/mol. The third-order valence-corrected chi connectivity index (χ3v) is 7.75. The van der Waals surface area contributed by atoms with Crippen molar-refractivity contribution in [3.05, 3.63) is 133 Å². The third-order valence-electron chi connectivity index (χ3n) is 7.59. The van der Waals surface area contributed by atoms with Crippen LogP contribution in [0.3, 0.4) is 0 Å². The maximum Gasteiger partial charge on any atom is 0.226 e. The summed E-state index contributed by atoms with van der Waals surface area (Å²) in [5.74, 6) is 1.10. The summed E-state index contributed by atoms with van der Waals surface area (Å²) >= 11 is 6.43. The van der Waals surface area contributed by atoms with E-state index in [1.54, 1.807) is 0 Å². The first-order chi connectivity index (χ1) is 19.8. The lowest BCUT2D eigenvalue weighted by Gasteiger charge is -2.14. The zero-order valence-electron chi connectivity index (χ0n) is 21.3. The Morgan fingerprint density at radius 2 is 1.15 bits per heavy atom. The van der Waals surface area contributed by atoms with Crippen LogP contribution in [0.1, 0.15) is 0 Å². The van der Waals surface area contributed by atoms with Gasteiger partial charge in [0.15, 0.2) is 11.6 Å². The van der Waals surface area contributed by atoms with Gasteiger partial charge >= 0.3 is 0 Å². The summed E-state index contributed by atoms with van der Waals surface area (Å²) in [4.78, 5) is 13.8. The van der Waals surface area contributed by atoms with Crippen LogP contribution in [0, 0.1) is 0 Å². The van der Waals surface area contributed by atoms with Crippen LogP contribution < -0.4 is 0 Å². The van der Waals surface area contributed by atoms with E-state index in [1.807, 2.05) is 30.3 Å². The molecule has 2 heterocycles. The number of hydrogen-bond donors (Lipinski definition) is 0. The molecule has 0 N–H and O–H groups in total. The molecule has 188 valence electrons. The molecular weight excluding hydrogens is 512 g/mol. The van der Waals surface area contributed by atoms with E-state index in [2.05, 4.69) is 112 Å². The average Bonchev–Trinajstić information content (AvgIpc) is 3.35. The van der Waals surface area contributed by atoms with Gasteiger partial charge in [0.2, 0.25) is 5.28 Å². The fourth-order valence-electron chi connectivity index (χ4n) is 5.86. The molecule has 0 saturated heterocycles. The molecule has 0 radical (unpaired) electrons. The van der Waals surface area contributed by atoms with Crippen molar-refractivity contribution >= 4 is 55.0 Å². The van der Waals surface area contributed by atoms with E-state index in [1.165, 1.54) is 32.6 Å². The molecule has 0 fully saturated rings. The molecule has 0 aliphatic rings. The summed E-state index contributed by atoms with van der Waals surface area (Å²) in [6, 6.07) is 44.2. The maximum atomic E-state index is 6.43. The second-order valence-electron chi connectivity index (χ2n) is 9.83. The Kier molecular flexibility index (Phi) is 5.15. The van der Waals surface area contributed by atoms with Crippen LogP contribution in [-0.2, 0) is 0 Å². The SMILES string of the molecule is Clc1nc(-c2ccccc2)nc(-c2ccc(-n3c4ccccc4c4c5ccccc5ccc43)c3ccccc23)n1. The largest absolute Gasteiger partial charge is 0.309 e. The molecule has 6 aromatic carbocycles. The zero-order chi connectivity index (χ0) is 26.6. The molecule has 0 bridgehead atoms. The van der Waals surface area contributed by atoms with Crippen LogP contribution in [0.4, 0.5) is 0 Å². The summed E-state index contributed by atoms with van der Waals surface area (Å²) < 4.78 is 2.37. The van der Waals surface area contributed by atoms with Gasteiger partial charge in [-0.1, -0.05) is 103 Å². The molecule has 2 aromatic heterocycles. The maximum absolute atomic E-state index is 6.43. The number of nitrogens with zero attached hydrogens (tertiary/aromatic N) is 4. The van der Waals surface area contributed by atoms with Crippen LogP contribution in [0.2, 0.25) is 5.28 Å². The van der Waals surface area contributed by atoms with Gasteiger partial charge in [0.25, 0.3) is 0 Å². The molecular formula is C35H21ClN4. The minimum absolute atomic E-state index is 0.172. The van der Waals surface area contributed by atoms with Gasteiger partial charge in [-0.25, -0.2) is 4.98 Å². The predicted octanol–water partition coefficient (Wildman–Crippen LogP) is 9.26. The molecule has 0 spiro atoms. The molecule has 0 unspecified atom stereocenters. The van der Waals surface area contributed by atoms with Crippen molar-refractivity contribution in [3.8, 4) is 28.5 Å². The molecule has 8 rings (SSSR count). The Labute approximate surface area is 235 Å². The van der Waals surface area contributed by atoms with Crippen LogP contribution in [0.15, 0.2) is 127 Å². The molecule has 4 nitrogen and oxygen atoms in total. The van der Waals surface area contributed by atoms with E-state index in [-0.39, 0.29) is 5.28 Å². The van der Waals surface area contributed by atoms with Gasteiger partial charge in [0.1, 0.15) is 0 Å². The van der Waals surface area contributed by atoms with Crippen molar-refractivity contribution in [1.82, 2.24) is 19.5 Å². The van der Waals surface area contributed by atoms with E-state index in [4.69, 9.17) is 16.6 Å². The van der Waals surface area contributed by atoms with Crippen molar-refractivity contribution in [3.63, 3.8) is 0 Å². The Hall–Kier alpha value is -5.06. The second-order valence-corrected chi connectivity index (χ2v) is 10.2.